The number of benzene rings is 1. The molecule has 0 unspecified atom stereocenters. The zero-order chi connectivity index (χ0) is 14.0. The topological polar surface area (TPSA) is 83.0 Å². The van der Waals surface area contributed by atoms with Crippen LogP contribution < -0.4 is 5.56 Å². The maximum absolute atomic E-state index is 11.9. The third-order valence-electron chi connectivity index (χ3n) is 2.67. The second kappa shape index (κ2) is 5.24. The molecule has 2 rings (SSSR count). The van der Waals surface area contributed by atoms with Gasteiger partial charge in [-0.25, -0.2) is 4.98 Å². The molecule has 6 heteroatoms. The molecule has 0 amide bonds. The van der Waals surface area contributed by atoms with Crippen LogP contribution in [-0.2, 0) is 11.2 Å². The van der Waals surface area contributed by atoms with Crippen molar-refractivity contribution < 1.29 is 9.90 Å². The van der Waals surface area contributed by atoms with Crippen LogP contribution >= 0.6 is 11.6 Å². The Bertz CT molecular complexity index is 677. The maximum atomic E-state index is 11.9. The van der Waals surface area contributed by atoms with Crippen LogP contribution in [-0.4, -0.2) is 21.0 Å². The Morgan fingerprint density at radius 1 is 1.37 bits per heavy atom. The number of aromatic nitrogens is 2. The van der Waals surface area contributed by atoms with Crippen LogP contribution in [0.25, 0.3) is 11.4 Å². The normalized spacial score (nSPS) is 10.4. The molecular formula is C13H11ClN2O3. The van der Waals surface area contributed by atoms with Crippen LogP contribution in [0.1, 0.15) is 11.3 Å². The van der Waals surface area contributed by atoms with E-state index >= 15 is 0 Å². The second-order valence-corrected chi connectivity index (χ2v) is 4.49. The number of halogens is 1. The van der Waals surface area contributed by atoms with Crippen LogP contribution in [0, 0.1) is 6.92 Å². The van der Waals surface area contributed by atoms with Crippen LogP contribution in [0.3, 0.4) is 0 Å². The van der Waals surface area contributed by atoms with Crippen molar-refractivity contribution in [1.82, 2.24) is 9.97 Å². The first kappa shape index (κ1) is 13.3. The Kier molecular flexibility index (Phi) is 3.66. The number of hydrogen-bond donors (Lipinski definition) is 2. The third kappa shape index (κ3) is 3.00. The zero-order valence-electron chi connectivity index (χ0n) is 10.1. The van der Waals surface area contributed by atoms with E-state index in [0.29, 0.717) is 22.1 Å². The molecule has 0 spiro atoms. The van der Waals surface area contributed by atoms with Crippen molar-refractivity contribution in [2.75, 3.05) is 0 Å². The van der Waals surface area contributed by atoms with Gasteiger partial charge in [0.15, 0.2) is 0 Å². The van der Waals surface area contributed by atoms with E-state index in [-0.39, 0.29) is 12.0 Å². The summed E-state index contributed by atoms with van der Waals surface area (Å²) in [6.45, 7) is 1.62. The highest BCUT2D eigenvalue weighted by atomic mass is 35.5. The molecule has 5 nitrogen and oxygen atoms in total. The van der Waals surface area contributed by atoms with Gasteiger partial charge in [-0.2, -0.15) is 0 Å². The number of aryl methyl sites for hydroxylation is 1. The van der Waals surface area contributed by atoms with Gasteiger partial charge in [-0.1, -0.05) is 11.6 Å². The van der Waals surface area contributed by atoms with Crippen molar-refractivity contribution in [2.45, 2.75) is 13.3 Å². The summed E-state index contributed by atoms with van der Waals surface area (Å²) in [5.74, 6) is -0.664. The number of hydrogen-bond acceptors (Lipinski definition) is 3. The molecule has 0 radical (unpaired) electrons. The van der Waals surface area contributed by atoms with E-state index in [9.17, 15) is 9.59 Å². The molecule has 0 saturated heterocycles. The quantitative estimate of drug-likeness (QED) is 0.900. The summed E-state index contributed by atoms with van der Waals surface area (Å²) in [7, 11) is 0. The van der Waals surface area contributed by atoms with E-state index in [1.807, 2.05) is 0 Å². The molecule has 0 fully saturated rings. The van der Waals surface area contributed by atoms with E-state index in [1.54, 1.807) is 31.2 Å². The molecule has 1 aromatic heterocycles. The summed E-state index contributed by atoms with van der Waals surface area (Å²) in [4.78, 5) is 29.3. The highest BCUT2D eigenvalue weighted by molar-refractivity contribution is 6.30. The molecule has 98 valence electrons. The van der Waals surface area contributed by atoms with Crippen LogP contribution in [0.2, 0.25) is 5.02 Å². The van der Waals surface area contributed by atoms with Gasteiger partial charge in [0, 0.05) is 21.8 Å². The van der Waals surface area contributed by atoms with E-state index in [2.05, 4.69) is 9.97 Å². The Labute approximate surface area is 113 Å². The average molecular weight is 279 g/mol. The van der Waals surface area contributed by atoms with E-state index in [4.69, 9.17) is 16.7 Å². The summed E-state index contributed by atoms with van der Waals surface area (Å²) in [6, 6.07) is 6.85. The third-order valence-corrected chi connectivity index (χ3v) is 2.92. The zero-order valence-corrected chi connectivity index (χ0v) is 10.9. The molecule has 0 aliphatic rings. The lowest BCUT2D eigenvalue weighted by Crippen LogP contribution is -2.20. The number of H-pyrrole nitrogens is 1. The van der Waals surface area contributed by atoms with Crippen molar-refractivity contribution in [3.63, 3.8) is 0 Å². The first-order valence-electron chi connectivity index (χ1n) is 5.55. The lowest BCUT2D eigenvalue weighted by atomic mass is 10.1. The molecule has 0 bridgehead atoms. The number of aliphatic carboxylic acids is 1. The Hall–Kier alpha value is -2.14. The first-order valence-corrected chi connectivity index (χ1v) is 5.92. The molecular weight excluding hydrogens is 268 g/mol. The molecule has 19 heavy (non-hydrogen) atoms. The minimum absolute atomic E-state index is 0.171. The van der Waals surface area contributed by atoms with E-state index in [1.165, 1.54) is 0 Å². The van der Waals surface area contributed by atoms with E-state index < -0.39 is 11.5 Å². The fourth-order valence-corrected chi connectivity index (χ4v) is 1.84. The monoisotopic (exact) mass is 278 g/mol. The molecule has 0 atom stereocenters. The Morgan fingerprint density at radius 2 is 2.00 bits per heavy atom. The fraction of sp³-hybridized carbons (Fsp3) is 0.154. The van der Waals surface area contributed by atoms with Gasteiger partial charge in [-0.05, 0) is 31.2 Å². The number of aromatic amines is 1. The highest BCUT2D eigenvalue weighted by Crippen LogP contribution is 2.17. The number of rotatable bonds is 3. The van der Waals surface area contributed by atoms with Gasteiger partial charge in [0.2, 0.25) is 0 Å². The summed E-state index contributed by atoms with van der Waals surface area (Å²) < 4.78 is 0. The molecule has 2 aromatic rings. The Morgan fingerprint density at radius 3 is 2.53 bits per heavy atom. The lowest BCUT2D eigenvalue weighted by molar-refractivity contribution is -0.136. The summed E-state index contributed by atoms with van der Waals surface area (Å²) in [6.07, 6.45) is -0.338. The summed E-state index contributed by atoms with van der Waals surface area (Å²) >= 11 is 5.79. The Balaban J connectivity index is 2.48. The standard InChI is InChI=1S/C13H11ClN2O3/c1-7-10(6-11(17)18)13(19)16-12(15-7)8-2-4-9(14)5-3-8/h2-5H,6H2,1H3,(H,17,18)(H,15,16,19). The van der Waals surface area contributed by atoms with Crippen LogP contribution in [0.15, 0.2) is 29.1 Å². The minimum atomic E-state index is -1.06. The number of carboxylic acids is 1. The van der Waals surface area contributed by atoms with Gasteiger partial charge in [-0.3, -0.25) is 9.59 Å². The molecule has 1 aromatic carbocycles. The van der Waals surface area contributed by atoms with Gasteiger partial charge in [0.25, 0.3) is 5.56 Å². The first-order chi connectivity index (χ1) is 8.97. The second-order valence-electron chi connectivity index (χ2n) is 4.06. The average Bonchev–Trinajstić information content (AvgIpc) is 2.34. The molecule has 2 N–H and O–H groups in total. The smallest absolute Gasteiger partial charge is 0.308 e. The summed E-state index contributed by atoms with van der Waals surface area (Å²) in [5, 5.41) is 9.33. The van der Waals surface area contributed by atoms with Gasteiger partial charge in [0.05, 0.1) is 6.42 Å². The lowest BCUT2D eigenvalue weighted by Gasteiger charge is -2.06. The predicted octanol–water partition coefficient (Wildman–Crippen LogP) is 2.03. The van der Waals surface area contributed by atoms with Crippen LogP contribution in [0.5, 0.6) is 0 Å². The van der Waals surface area contributed by atoms with E-state index in [0.717, 1.165) is 0 Å². The van der Waals surface area contributed by atoms with Gasteiger partial charge >= 0.3 is 5.97 Å². The number of carbonyl (C=O) groups is 1. The van der Waals surface area contributed by atoms with Crippen molar-refractivity contribution in [2.24, 2.45) is 0 Å². The number of nitrogens with one attached hydrogen (secondary N) is 1. The van der Waals surface area contributed by atoms with Gasteiger partial charge < -0.3 is 10.1 Å². The van der Waals surface area contributed by atoms with Gasteiger partial charge in [0.1, 0.15) is 5.82 Å². The molecule has 0 aliphatic heterocycles. The number of carboxylic acid groups (broad SMARTS) is 1. The maximum Gasteiger partial charge on any atom is 0.308 e. The number of nitrogens with zero attached hydrogens (tertiary/aromatic N) is 1. The summed E-state index contributed by atoms with van der Waals surface area (Å²) in [5.41, 5.74) is 0.868. The van der Waals surface area contributed by atoms with Crippen LogP contribution in [0.4, 0.5) is 0 Å². The van der Waals surface area contributed by atoms with Gasteiger partial charge in [-0.15, -0.1) is 0 Å². The van der Waals surface area contributed by atoms with Crippen molar-refractivity contribution in [1.29, 1.82) is 0 Å². The largest absolute Gasteiger partial charge is 0.481 e. The van der Waals surface area contributed by atoms with Crippen molar-refractivity contribution >= 4 is 17.6 Å². The molecule has 0 saturated carbocycles. The molecule has 0 aliphatic carbocycles. The SMILES string of the molecule is Cc1nc(-c2ccc(Cl)cc2)[nH]c(=O)c1CC(=O)O. The van der Waals surface area contributed by atoms with Crippen molar-refractivity contribution in [3.05, 3.63) is 50.9 Å². The highest BCUT2D eigenvalue weighted by Gasteiger charge is 2.12. The predicted molar refractivity (Wildman–Crippen MR) is 71.4 cm³/mol. The fourth-order valence-electron chi connectivity index (χ4n) is 1.71. The minimum Gasteiger partial charge on any atom is -0.481 e. The van der Waals surface area contributed by atoms with Crippen molar-refractivity contribution in [3.8, 4) is 11.4 Å². The molecule has 1 heterocycles.